The number of hydrogen-bond donors (Lipinski definition) is 1. The fourth-order valence-corrected chi connectivity index (χ4v) is 4.55. The smallest absolute Gasteiger partial charge is 0.295 e. The predicted molar refractivity (Wildman–Crippen MR) is 140 cm³/mol. The summed E-state index contributed by atoms with van der Waals surface area (Å²) in [6, 6.07) is 22.8. The number of aliphatic hydroxyl groups excluding tert-OH is 1. The number of likely N-dealkylation sites (tertiary alicyclic amines) is 1. The number of carbonyl (C=O) groups excluding carboxylic acids is 2. The molecular formula is C31H25FN2O4. The highest BCUT2D eigenvalue weighted by atomic mass is 19.1. The first-order chi connectivity index (χ1) is 18.4. The summed E-state index contributed by atoms with van der Waals surface area (Å²) < 4.78 is 20.9. The number of amides is 1. The molecule has 0 bridgehead atoms. The molecule has 3 aromatic carbocycles. The first-order valence-electron chi connectivity index (χ1n) is 12.1. The Bertz CT molecular complexity index is 1520. The number of aromatic nitrogens is 1. The van der Waals surface area contributed by atoms with Gasteiger partial charge in [0.15, 0.2) is 0 Å². The van der Waals surface area contributed by atoms with E-state index < -0.39 is 23.5 Å². The van der Waals surface area contributed by atoms with Crippen molar-refractivity contribution in [2.24, 2.45) is 0 Å². The van der Waals surface area contributed by atoms with Gasteiger partial charge in [-0.3, -0.25) is 14.6 Å². The van der Waals surface area contributed by atoms with Crippen LogP contribution in [-0.4, -0.2) is 26.7 Å². The van der Waals surface area contributed by atoms with Crippen molar-refractivity contribution in [2.75, 3.05) is 0 Å². The van der Waals surface area contributed by atoms with Crippen molar-refractivity contribution < 1.29 is 23.8 Å². The number of pyridine rings is 1. The number of aryl methyl sites for hydroxylation is 1. The number of carbonyl (C=O) groups is 2. The summed E-state index contributed by atoms with van der Waals surface area (Å²) in [5.74, 6) is -2.06. The lowest BCUT2D eigenvalue weighted by molar-refractivity contribution is -0.140. The Balaban J connectivity index is 1.49. The quantitative estimate of drug-likeness (QED) is 0.196. The minimum Gasteiger partial charge on any atom is -0.507 e. The molecule has 5 rings (SSSR count). The van der Waals surface area contributed by atoms with E-state index in [0.29, 0.717) is 17.9 Å². The highest BCUT2D eigenvalue weighted by Crippen LogP contribution is 2.41. The third-order valence-corrected chi connectivity index (χ3v) is 6.63. The van der Waals surface area contributed by atoms with Crippen LogP contribution in [0.4, 0.5) is 4.39 Å². The molecule has 1 fully saturated rings. The molecule has 1 atom stereocenters. The van der Waals surface area contributed by atoms with Crippen LogP contribution >= 0.6 is 0 Å². The maximum atomic E-state index is 15.0. The molecule has 0 aliphatic carbocycles. The van der Waals surface area contributed by atoms with Crippen LogP contribution in [0.15, 0.2) is 103 Å². The predicted octanol–water partition coefficient (Wildman–Crippen LogP) is 5.73. The van der Waals surface area contributed by atoms with E-state index in [-0.39, 0.29) is 23.4 Å². The second kappa shape index (κ2) is 10.7. The van der Waals surface area contributed by atoms with Gasteiger partial charge in [0.25, 0.3) is 11.7 Å². The van der Waals surface area contributed by atoms with Crippen molar-refractivity contribution in [2.45, 2.75) is 26.1 Å². The molecule has 1 amide bonds. The van der Waals surface area contributed by atoms with Crippen LogP contribution in [0.1, 0.15) is 33.9 Å². The van der Waals surface area contributed by atoms with E-state index in [1.165, 1.54) is 23.1 Å². The average molecular weight is 509 g/mol. The molecule has 0 spiro atoms. The van der Waals surface area contributed by atoms with Crippen molar-refractivity contribution >= 4 is 17.4 Å². The van der Waals surface area contributed by atoms with Crippen LogP contribution in [0.25, 0.3) is 5.76 Å². The van der Waals surface area contributed by atoms with Gasteiger partial charge in [-0.25, -0.2) is 4.39 Å². The van der Waals surface area contributed by atoms with E-state index in [0.717, 1.165) is 16.7 Å². The summed E-state index contributed by atoms with van der Waals surface area (Å²) in [4.78, 5) is 31.6. The first-order valence-corrected chi connectivity index (χ1v) is 12.1. The van der Waals surface area contributed by atoms with Gasteiger partial charge < -0.3 is 14.7 Å². The highest BCUT2D eigenvalue weighted by Gasteiger charge is 2.46. The van der Waals surface area contributed by atoms with Crippen LogP contribution in [0.2, 0.25) is 0 Å². The molecule has 1 aliphatic heterocycles. The van der Waals surface area contributed by atoms with Gasteiger partial charge in [-0.05, 0) is 66.1 Å². The molecule has 1 N–H and O–H groups in total. The number of nitrogens with zero attached hydrogens (tertiary/aromatic N) is 2. The third kappa shape index (κ3) is 4.91. The lowest BCUT2D eigenvalue weighted by Crippen LogP contribution is -2.29. The topological polar surface area (TPSA) is 79.7 Å². The normalized spacial score (nSPS) is 16.6. The fraction of sp³-hybridized carbons (Fsp3) is 0.129. The summed E-state index contributed by atoms with van der Waals surface area (Å²) in [6.07, 6.45) is 3.15. The Kier molecular flexibility index (Phi) is 7.00. The van der Waals surface area contributed by atoms with Crippen molar-refractivity contribution in [1.29, 1.82) is 0 Å². The van der Waals surface area contributed by atoms with Gasteiger partial charge in [0.1, 0.15) is 23.9 Å². The third-order valence-electron chi connectivity index (χ3n) is 6.63. The molecule has 0 saturated carbocycles. The molecule has 2 heterocycles. The number of Topliss-reactive ketones (excluding diaryl/α,β-unsaturated/α-hetero) is 1. The summed E-state index contributed by atoms with van der Waals surface area (Å²) >= 11 is 0. The fourth-order valence-electron chi connectivity index (χ4n) is 4.55. The summed E-state index contributed by atoms with van der Waals surface area (Å²) in [5.41, 5.74) is 3.17. The van der Waals surface area contributed by atoms with Crippen LogP contribution < -0.4 is 4.74 Å². The lowest BCUT2D eigenvalue weighted by atomic mass is 9.94. The van der Waals surface area contributed by atoms with Crippen LogP contribution in [0.5, 0.6) is 5.75 Å². The number of rotatable bonds is 7. The summed E-state index contributed by atoms with van der Waals surface area (Å²) in [6.45, 7) is 2.44. The van der Waals surface area contributed by atoms with Crippen molar-refractivity contribution in [1.82, 2.24) is 9.88 Å². The van der Waals surface area contributed by atoms with Crippen molar-refractivity contribution in [3.63, 3.8) is 0 Å². The van der Waals surface area contributed by atoms with E-state index in [9.17, 15) is 19.1 Å². The molecular weight excluding hydrogens is 483 g/mol. The second-order valence-corrected chi connectivity index (χ2v) is 9.04. The number of ketones is 1. The van der Waals surface area contributed by atoms with E-state index in [2.05, 4.69) is 4.98 Å². The zero-order valence-electron chi connectivity index (χ0n) is 20.7. The van der Waals surface area contributed by atoms with Gasteiger partial charge in [-0.1, -0.05) is 42.5 Å². The monoisotopic (exact) mass is 508 g/mol. The second-order valence-electron chi connectivity index (χ2n) is 9.04. The van der Waals surface area contributed by atoms with E-state index >= 15 is 0 Å². The van der Waals surface area contributed by atoms with Gasteiger partial charge in [-0.15, -0.1) is 0 Å². The minimum atomic E-state index is -1.10. The molecule has 1 aliphatic rings. The Morgan fingerprint density at radius 2 is 1.63 bits per heavy atom. The number of benzene rings is 3. The SMILES string of the molecule is Cc1ccccc1COc1ccc(C(O)=C2C(=O)C(=O)N(Cc3ccncc3)C2c2ccccc2F)cc1. The number of aliphatic hydroxyl groups is 1. The number of hydrogen-bond acceptors (Lipinski definition) is 5. The van der Waals surface area contributed by atoms with E-state index in [4.69, 9.17) is 4.74 Å². The molecule has 1 unspecified atom stereocenters. The molecule has 0 radical (unpaired) electrons. The van der Waals surface area contributed by atoms with Crippen molar-refractivity contribution in [3.8, 4) is 5.75 Å². The van der Waals surface area contributed by atoms with Crippen LogP contribution in [-0.2, 0) is 22.7 Å². The van der Waals surface area contributed by atoms with Crippen LogP contribution in [0, 0.1) is 12.7 Å². The van der Waals surface area contributed by atoms with Gasteiger partial charge in [-0.2, -0.15) is 0 Å². The Morgan fingerprint density at radius 1 is 0.947 bits per heavy atom. The maximum Gasteiger partial charge on any atom is 0.295 e. The Morgan fingerprint density at radius 3 is 2.34 bits per heavy atom. The van der Waals surface area contributed by atoms with Gasteiger partial charge in [0, 0.05) is 30.1 Å². The molecule has 1 saturated heterocycles. The van der Waals surface area contributed by atoms with E-state index in [1.54, 1.807) is 54.9 Å². The van der Waals surface area contributed by atoms with E-state index in [1.807, 2.05) is 31.2 Å². The first kappa shape index (κ1) is 24.9. The number of halogens is 1. The molecule has 4 aromatic rings. The Labute approximate surface area is 219 Å². The van der Waals surface area contributed by atoms with Gasteiger partial charge in [0.05, 0.1) is 11.6 Å². The summed E-state index contributed by atoms with van der Waals surface area (Å²) in [7, 11) is 0. The molecule has 190 valence electrons. The largest absolute Gasteiger partial charge is 0.507 e. The van der Waals surface area contributed by atoms with Gasteiger partial charge in [0.2, 0.25) is 0 Å². The highest BCUT2D eigenvalue weighted by molar-refractivity contribution is 6.46. The molecule has 6 nitrogen and oxygen atoms in total. The zero-order chi connectivity index (χ0) is 26.6. The average Bonchev–Trinajstić information content (AvgIpc) is 3.18. The zero-order valence-corrected chi connectivity index (χ0v) is 20.7. The van der Waals surface area contributed by atoms with Crippen molar-refractivity contribution in [3.05, 3.63) is 137 Å². The lowest BCUT2D eigenvalue weighted by Gasteiger charge is -2.25. The van der Waals surface area contributed by atoms with Gasteiger partial charge >= 0.3 is 0 Å². The molecule has 1 aromatic heterocycles. The minimum absolute atomic E-state index is 0.0502. The molecule has 38 heavy (non-hydrogen) atoms. The Hall–Kier alpha value is -4.78. The maximum absolute atomic E-state index is 15.0. The standard InChI is InChI=1S/C31H25FN2O4/c1-20-6-2-3-7-23(20)19-38-24-12-10-22(11-13-24)29(35)27-28(25-8-4-5-9-26(25)32)34(31(37)30(27)36)18-21-14-16-33-17-15-21/h2-17,28,35H,18-19H2,1H3. The number of ether oxygens (including phenoxy) is 1. The van der Waals surface area contributed by atoms with Crippen LogP contribution in [0.3, 0.4) is 0 Å². The molecule has 7 heteroatoms. The summed E-state index contributed by atoms with van der Waals surface area (Å²) in [5, 5.41) is 11.3.